The zero-order valence-electron chi connectivity index (χ0n) is 5.85. The molecule has 0 spiro atoms. The van der Waals surface area contributed by atoms with Crippen molar-refractivity contribution in [2.24, 2.45) is 0 Å². The minimum absolute atomic E-state index is 0.572. The van der Waals surface area contributed by atoms with Crippen LogP contribution in [0.25, 0.3) is 0 Å². The second-order valence-electron chi connectivity index (χ2n) is 2.06. The largest absolute Gasteiger partial charge is 0.181 e. The molecule has 0 amide bonds. The third-order valence-corrected chi connectivity index (χ3v) is 5.47. The molecular formula is C7H13S2+. The lowest BCUT2D eigenvalue weighted by Gasteiger charge is -2.12. The number of hydrogen-bond donors (Lipinski definition) is 0. The van der Waals surface area contributed by atoms with E-state index in [1.807, 2.05) is 11.8 Å². The molecule has 9 heavy (non-hydrogen) atoms. The Hall–Kier alpha value is 0.440. The Labute approximate surface area is 64.4 Å². The van der Waals surface area contributed by atoms with Crippen LogP contribution in [0.4, 0.5) is 0 Å². The molecular weight excluding hydrogens is 148 g/mol. The minimum atomic E-state index is 0.572. The van der Waals surface area contributed by atoms with Crippen LogP contribution in [0, 0.1) is 0 Å². The smallest absolute Gasteiger partial charge is 0.0755 e. The molecule has 0 bridgehead atoms. The van der Waals surface area contributed by atoms with Crippen molar-refractivity contribution in [2.75, 3.05) is 17.3 Å². The summed E-state index contributed by atoms with van der Waals surface area (Å²) in [7, 11) is 0.572. The standard InChI is InChI=1S/C7H13S2/c1-3-9-6-4-5-8-7(9)2/h2-6H2,1H3/q+1. The first kappa shape index (κ1) is 7.55. The second kappa shape index (κ2) is 3.57. The SMILES string of the molecule is C=C1SCCC[S+]1CC. The van der Waals surface area contributed by atoms with E-state index in [1.165, 1.54) is 27.9 Å². The van der Waals surface area contributed by atoms with E-state index in [2.05, 4.69) is 13.5 Å². The molecule has 0 aromatic rings. The number of rotatable bonds is 1. The van der Waals surface area contributed by atoms with E-state index in [9.17, 15) is 0 Å². The van der Waals surface area contributed by atoms with Gasteiger partial charge >= 0.3 is 0 Å². The zero-order chi connectivity index (χ0) is 6.69. The van der Waals surface area contributed by atoms with Crippen molar-refractivity contribution < 1.29 is 0 Å². The molecule has 0 aliphatic carbocycles. The third-order valence-electron chi connectivity index (χ3n) is 1.47. The van der Waals surface area contributed by atoms with Crippen molar-refractivity contribution >= 4 is 22.7 Å². The lowest BCUT2D eigenvalue weighted by Crippen LogP contribution is -2.15. The molecule has 0 aromatic carbocycles. The average molecular weight is 161 g/mol. The van der Waals surface area contributed by atoms with Gasteiger partial charge in [0.2, 0.25) is 0 Å². The van der Waals surface area contributed by atoms with E-state index in [1.54, 1.807) is 0 Å². The summed E-state index contributed by atoms with van der Waals surface area (Å²) in [5.41, 5.74) is 0. The first-order chi connectivity index (χ1) is 4.34. The molecule has 1 saturated heterocycles. The Morgan fingerprint density at radius 1 is 1.78 bits per heavy atom. The van der Waals surface area contributed by atoms with E-state index in [0.717, 1.165) is 0 Å². The van der Waals surface area contributed by atoms with E-state index < -0.39 is 0 Å². The van der Waals surface area contributed by atoms with Crippen LogP contribution in [0.1, 0.15) is 13.3 Å². The quantitative estimate of drug-likeness (QED) is 0.531. The maximum atomic E-state index is 4.04. The monoisotopic (exact) mass is 161 g/mol. The molecule has 0 nitrogen and oxygen atoms in total. The summed E-state index contributed by atoms with van der Waals surface area (Å²) >= 11 is 1.97. The maximum Gasteiger partial charge on any atom is 0.181 e. The molecule has 1 aliphatic heterocycles. The third kappa shape index (κ3) is 1.94. The Kier molecular flexibility index (Phi) is 2.99. The average Bonchev–Trinajstić information content (AvgIpc) is 1.89. The molecule has 0 saturated carbocycles. The highest BCUT2D eigenvalue weighted by Crippen LogP contribution is 2.28. The Morgan fingerprint density at radius 3 is 3.00 bits per heavy atom. The highest BCUT2D eigenvalue weighted by atomic mass is 32.2. The van der Waals surface area contributed by atoms with Crippen LogP contribution in [0.15, 0.2) is 10.8 Å². The van der Waals surface area contributed by atoms with Crippen molar-refractivity contribution in [3.05, 3.63) is 10.8 Å². The highest BCUT2D eigenvalue weighted by Gasteiger charge is 2.24. The summed E-state index contributed by atoms with van der Waals surface area (Å²) in [5.74, 6) is 4.02. The number of hydrogen-bond acceptors (Lipinski definition) is 1. The van der Waals surface area contributed by atoms with Gasteiger partial charge in [-0.1, -0.05) is 11.8 Å². The van der Waals surface area contributed by atoms with Crippen molar-refractivity contribution in [1.29, 1.82) is 0 Å². The summed E-state index contributed by atoms with van der Waals surface area (Å²) in [4.78, 5) is 0. The highest BCUT2D eigenvalue weighted by molar-refractivity contribution is 8.21. The van der Waals surface area contributed by atoms with Crippen LogP contribution in [-0.4, -0.2) is 17.3 Å². The van der Waals surface area contributed by atoms with Gasteiger partial charge in [-0.25, -0.2) is 0 Å². The molecule has 1 heterocycles. The van der Waals surface area contributed by atoms with E-state index in [4.69, 9.17) is 0 Å². The van der Waals surface area contributed by atoms with E-state index in [-0.39, 0.29) is 0 Å². The minimum Gasteiger partial charge on any atom is -0.0755 e. The van der Waals surface area contributed by atoms with E-state index in [0.29, 0.717) is 10.9 Å². The molecule has 1 fully saturated rings. The van der Waals surface area contributed by atoms with Gasteiger partial charge in [0.25, 0.3) is 0 Å². The summed E-state index contributed by atoms with van der Waals surface area (Å²) in [6.07, 6.45) is 1.40. The first-order valence-electron chi connectivity index (χ1n) is 3.33. The predicted octanol–water partition coefficient (Wildman–Crippen LogP) is 2.23. The molecule has 1 rings (SSSR count). The topological polar surface area (TPSA) is 0 Å². The van der Waals surface area contributed by atoms with Gasteiger partial charge in [0.05, 0.1) is 0 Å². The van der Waals surface area contributed by atoms with Gasteiger partial charge in [0.1, 0.15) is 11.5 Å². The van der Waals surface area contributed by atoms with Gasteiger partial charge in [0, 0.05) is 23.1 Å². The molecule has 1 atom stereocenters. The van der Waals surface area contributed by atoms with Gasteiger partial charge in [-0.15, -0.1) is 0 Å². The van der Waals surface area contributed by atoms with Crippen molar-refractivity contribution in [3.63, 3.8) is 0 Å². The van der Waals surface area contributed by atoms with E-state index >= 15 is 0 Å². The molecule has 1 unspecified atom stereocenters. The van der Waals surface area contributed by atoms with Gasteiger partial charge in [-0.3, -0.25) is 0 Å². The fourth-order valence-corrected chi connectivity index (χ4v) is 4.47. The Bertz CT molecular complexity index is 109. The van der Waals surface area contributed by atoms with Gasteiger partial charge in [0.15, 0.2) is 4.24 Å². The van der Waals surface area contributed by atoms with Gasteiger partial charge in [-0.2, -0.15) is 0 Å². The second-order valence-corrected chi connectivity index (χ2v) is 5.97. The normalized spacial score (nSPS) is 28.6. The molecule has 1 aliphatic rings. The molecule has 52 valence electrons. The van der Waals surface area contributed by atoms with Crippen molar-refractivity contribution in [2.45, 2.75) is 13.3 Å². The van der Waals surface area contributed by atoms with Gasteiger partial charge in [-0.05, 0) is 13.5 Å². The Balaban J connectivity index is 2.39. The van der Waals surface area contributed by atoms with Crippen LogP contribution in [0.2, 0.25) is 0 Å². The number of thioether (sulfide) groups is 1. The first-order valence-corrected chi connectivity index (χ1v) is 5.88. The van der Waals surface area contributed by atoms with Crippen LogP contribution < -0.4 is 0 Å². The summed E-state index contributed by atoms with van der Waals surface area (Å²) in [5, 5.41) is 0. The Morgan fingerprint density at radius 2 is 2.56 bits per heavy atom. The molecule has 0 radical (unpaired) electrons. The fraction of sp³-hybridized carbons (Fsp3) is 0.714. The van der Waals surface area contributed by atoms with Crippen LogP contribution in [0.5, 0.6) is 0 Å². The molecule has 0 N–H and O–H groups in total. The molecule has 0 aromatic heterocycles. The van der Waals surface area contributed by atoms with Crippen LogP contribution in [0.3, 0.4) is 0 Å². The summed E-state index contributed by atoms with van der Waals surface area (Å²) in [6, 6.07) is 0. The predicted molar refractivity (Wildman–Crippen MR) is 49.0 cm³/mol. The van der Waals surface area contributed by atoms with Crippen molar-refractivity contribution in [1.82, 2.24) is 0 Å². The fourth-order valence-electron chi connectivity index (χ4n) is 0.922. The van der Waals surface area contributed by atoms with Crippen LogP contribution in [-0.2, 0) is 10.9 Å². The lowest BCUT2D eigenvalue weighted by molar-refractivity contribution is 1.11. The van der Waals surface area contributed by atoms with Crippen LogP contribution >= 0.6 is 11.8 Å². The lowest BCUT2D eigenvalue weighted by atomic mass is 10.6. The summed E-state index contributed by atoms with van der Waals surface area (Å²) < 4.78 is 1.45. The summed E-state index contributed by atoms with van der Waals surface area (Å²) in [6.45, 7) is 6.31. The van der Waals surface area contributed by atoms with Crippen molar-refractivity contribution in [3.8, 4) is 0 Å². The molecule has 2 heteroatoms. The van der Waals surface area contributed by atoms with Gasteiger partial charge < -0.3 is 0 Å². The maximum absolute atomic E-state index is 4.04. The zero-order valence-corrected chi connectivity index (χ0v) is 7.49.